The first-order valence-corrected chi connectivity index (χ1v) is 11.9. The Labute approximate surface area is 224 Å². The molecule has 4 aromatic carbocycles. The molecule has 0 bridgehead atoms. The van der Waals surface area contributed by atoms with Gasteiger partial charge in [0.25, 0.3) is 0 Å². The summed E-state index contributed by atoms with van der Waals surface area (Å²) in [5.74, 6) is -5.23. The van der Waals surface area contributed by atoms with E-state index in [1.54, 1.807) is 48.5 Å². The number of esters is 2. The summed E-state index contributed by atoms with van der Waals surface area (Å²) in [4.78, 5) is 49.5. The zero-order chi connectivity index (χ0) is 27.8. The number of carbonyl (C=O) groups excluding carboxylic acids is 4. The maximum absolute atomic E-state index is 12.4. The Morgan fingerprint density at radius 2 is 0.846 bits per heavy atom. The Balaban J connectivity index is 1.54. The number of ether oxygens (including phenoxy) is 2. The van der Waals surface area contributed by atoms with Crippen LogP contribution in [0.5, 0.6) is 0 Å². The van der Waals surface area contributed by atoms with Crippen LogP contribution in [0.3, 0.4) is 0 Å². The summed E-state index contributed by atoms with van der Waals surface area (Å²) < 4.78 is 10.5. The van der Waals surface area contributed by atoms with E-state index in [2.05, 4.69) is 0 Å². The van der Waals surface area contributed by atoms with Crippen molar-refractivity contribution in [1.29, 1.82) is 0 Å². The average molecular weight is 523 g/mol. The van der Waals surface area contributed by atoms with Gasteiger partial charge in [-0.25, -0.2) is 9.59 Å². The third-order valence-corrected chi connectivity index (χ3v) is 6.15. The van der Waals surface area contributed by atoms with Crippen LogP contribution in [0.2, 0.25) is 0 Å². The van der Waals surface area contributed by atoms with E-state index >= 15 is 0 Å². The topological polar surface area (TPSA) is 133 Å². The molecule has 196 valence electrons. The normalized spacial score (nSPS) is 10.9. The number of carboxylic acid groups (broad SMARTS) is 2. The second-order valence-electron chi connectivity index (χ2n) is 8.60. The van der Waals surface area contributed by atoms with E-state index < -0.39 is 29.3 Å². The molecule has 0 fully saturated rings. The van der Waals surface area contributed by atoms with Crippen molar-refractivity contribution >= 4 is 23.9 Å². The molecule has 39 heavy (non-hydrogen) atoms. The molecule has 0 aromatic heterocycles. The fourth-order valence-electron chi connectivity index (χ4n) is 4.05. The molecule has 0 radical (unpaired) electrons. The molecule has 0 aliphatic rings. The van der Waals surface area contributed by atoms with Gasteiger partial charge in [0.1, 0.15) is 13.2 Å². The fourth-order valence-corrected chi connectivity index (χ4v) is 4.05. The molecule has 0 N–H and O–H groups in total. The second-order valence-corrected chi connectivity index (χ2v) is 8.60. The van der Waals surface area contributed by atoms with Crippen LogP contribution in [0, 0.1) is 0 Å². The van der Waals surface area contributed by atoms with Crippen molar-refractivity contribution in [3.05, 3.63) is 143 Å². The average Bonchev–Trinajstić information content (AvgIpc) is 2.96. The van der Waals surface area contributed by atoms with Crippen LogP contribution in [0.1, 0.15) is 43.0 Å². The Hall–Kier alpha value is -5.24. The monoisotopic (exact) mass is 522 g/mol. The maximum atomic E-state index is 12.4. The van der Waals surface area contributed by atoms with Crippen molar-refractivity contribution < 1.29 is 38.9 Å². The van der Waals surface area contributed by atoms with E-state index in [9.17, 15) is 29.4 Å². The number of benzene rings is 4. The molecule has 0 unspecified atom stereocenters. The lowest BCUT2D eigenvalue weighted by Crippen LogP contribution is -2.57. The van der Waals surface area contributed by atoms with E-state index in [-0.39, 0.29) is 35.5 Å². The van der Waals surface area contributed by atoms with Crippen molar-refractivity contribution in [3.63, 3.8) is 0 Å². The lowest BCUT2D eigenvalue weighted by molar-refractivity contribution is -0.332. The standard InChI is InChI=1S/C31H24O8/c32-27(38-19-21-7-3-1-4-8-21)23-11-15-25(16-12-23)31(29(34)35,30(36)37)26-17-13-24(14-18-26)28(33)39-20-22-9-5-2-6-10-22/h1-18H,19-20H2,(H,34,35)(H,36,37)/p-2. The van der Waals surface area contributed by atoms with Gasteiger partial charge >= 0.3 is 11.9 Å². The molecule has 0 heterocycles. The molecule has 8 heteroatoms. The van der Waals surface area contributed by atoms with Gasteiger partial charge < -0.3 is 29.3 Å². The third-order valence-electron chi connectivity index (χ3n) is 6.15. The highest BCUT2D eigenvalue weighted by Crippen LogP contribution is 2.33. The molecule has 0 aliphatic heterocycles. The number of carboxylic acids is 2. The molecule has 8 nitrogen and oxygen atoms in total. The first kappa shape index (κ1) is 26.8. The molecular weight excluding hydrogens is 500 g/mol. The lowest BCUT2D eigenvalue weighted by atomic mass is 9.74. The zero-order valence-electron chi connectivity index (χ0n) is 20.6. The number of hydrogen-bond donors (Lipinski definition) is 0. The second kappa shape index (κ2) is 11.9. The smallest absolute Gasteiger partial charge is 0.338 e. The number of carbonyl (C=O) groups is 4. The summed E-state index contributed by atoms with van der Waals surface area (Å²) in [6.45, 7) is 0.0627. The molecule has 4 rings (SSSR count). The molecular formula is C31H22O8-2. The summed E-state index contributed by atoms with van der Waals surface area (Å²) in [5, 5.41) is 24.6. The Bertz CT molecular complexity index is 1350. The molecule has 0 spiro atoms. The van der Waals surface area contributed by atoms with E-state index in [4.69, 9.17) is 9.47 Å². The minimum Gasteiger partial charge on any atom is -0.548 e. The van der Waals surface area contributed by atoms with Gasteiger partial charge in [0.05, 0.1) is 28.5 Å². The predicted octanol–water partition coefficient (Wildman–Crippen LogP) is 2.19. The number of rotatable bonds is 10. The summed E-state index contributed by atoms with van der Waals surface area (Å²) in [6.07, 6.45) is 0. The van der Waals surface area contributed by atoms with Crippen molar-refractivity contribution in [1.82, 2.24) is 0 Å². The maximum Gasteiger partial charge on any atom is 0.338 e. The highest BCUT2D eigenvalue weighted by Gasteiger charge is 2.38. The Kier molecular flexibility index (Phi) is 8.16. The molecule has 0 saturated carbocycles. The van der Waals surface area contributed by atoms with Crippen LogP contribution in [0.15, 0.2) is 109 Å². The zero-order valence-corrected chi connectivity index (χ0v) is 20.6. The van der Waals surface area contributed by atoms with Gasteiger partial charge in [0.2, 0.25) is 0 Å². The van der Waals surface area contributed by atoms with Gasteiger partial charge in [-0.2, -0.15) is 0 Å². The van der Waals surface area contributed by atoms with Gasteiger partial charge in [0, 0.05) is 0 Å². The minimum atomic E-state index is -2.71. The molecule has 0 amide bonds. The highest BCUT2D eigenvalue weighted by molar-refractivity contribution is 6.07. The first-order chi connectivity index (χ1) is 18.8. The predicted molar refractivity (Wildman–Crippen MR) is 135 cm³/mol. The SMILES string of the molecule is O=C(OCc1ccccc1)c1ccc(C(C(=O)[O-])(C(=O)[O-])c2ccc(C(=O)OCc3ccccc3)cc2)cc1. The summed E-state index contributed by atoms with van der Waals surface area (Å²) in [7, 11) is 0. The van der Waals surface area contributed by atoms with E-state index in [1.807, 2.05) is 12.1 Å². The van der Waals surface area contributed by atoms with Gasteiger partial charge in [-0.05, 0) is 46.5 Å². The van der Waals surface area contributed by atoms with Crippen LogP contribution in [-0.4, -0.2) is 23.9 Å². The van der Waals surface area contributed by atoms with Crippen molar-refractivity contribution in [3.8, 4) is 0 Å². The fraction of sp³-hybridized carbons (Fsp3) is 0.0968. The van der Waals surface area contributed by atoms with Crippen LogP contribution >= 0.6 is 0 Å². The van der Waals surface area contributed by atoms with Gasteiger partial charge in [-0.1, -0.05) is 84.9 Å². The quantitative estimate of drug-likeness (QED) is 0.229. The third kappa shape index (κ3) is 5.86. The van der Waals surface area contributed by atoms with Crippen LogP contribution < -0.4 is 10.2 Å². The first-order valence-electron chi connectivity index (χ1n) is 11.9. The van der Waals surface area contributed by atoms with E-state index in [0.29, 0.717) is 0 Å². The number of aliphatic carboxylic acids is 2. The summed E-state index contributed by atoms with van der Waals surface area (Å²) in [5.41, 5.74) is -1.37. The summed E-state index contributed by atoms with van der Waals surface area (Å²) >= 11 is 0. The minimum absolute atomic E-state index is 0.0313. The lowest BCUT2D eigenvalue weighted by Gasteiger charge is -2.37. The largest absolute Gasteiger partial charge is 0.548 e. The Morgan fingerprint density at radius 1 is 0.513 bits per heavy atom. The van der Waals surface area contributed by atoms with Crippen LogP contribution in [0.4, 0.5) is 0 Å². The van der Waals surface area contributed by atoms with E-state index in [0.717, 1.165) is 11.1 Å². The molecule has 0 atom stereocenters. The molecule has 0 saturated heterocycles. The molecule has 4 aromatic rings. The van der Waals surface area contributed by atoms with Crippen molar-refractivity contribution in [2.45, 2.75) is 18.6 Å². The van der Waals surface area contributed by atoms with Gasteiger partial charge in [0.15, 0.2) is 0 Å². The van der Waals surface area contributed by atoms with Crippen LogP contribution in [-0.2, 0) is 37.7 Å². The molecule has 0 aliphatic carbocycles. The summed E-state index contributed by atoms with van der Waals surface area (Å²) in [6, 6.07) is 27.8. The van der Waals surface area contributed by atoms with Crippen LogP contribution in [0.25, 0.3) is 0 Å². The van der Waals surface area contributed by atoms with E-state index in [1.165, 1.54) is 48.5 Å². The van der Waals surface area contributed by atoms with Gasteiger partial charge in [-0.15, -0.1) is 0 Å². The highest BCUT2D eigenvalue weighted by atomic mass is 16.5. The van der Waals surface area contributed by atoms with Crippen molar-refractivity contribution in [2.24, 2.45) is 0 Å². The Morgan fingerprint density at radius 3 is 1.15 bits per heavy atom. The number of hydrogen-bond acceptors (Lipinski definition) is 8. The van der Waals surface area contributed by atoms with Gasteiger partial charge in [-0.3, -0.25) is 0 Å². The van der Waals surface area contributed by atoms with Crippen molar-refractivity contribution in [2.75, 3.05) is 0 Å².